The number of pyridine rings is 1. The number of ether oxygens (including phenoxy) is 2. The van der Waals surface area contributed by atoms with Gasteiger partial charge in [-0.25, -0.2) is 4.98 Å². The van der Waals surface area contributed by atoms with Crippen molar-refractivity contribution < 1.29 is 14.3 Å². The van der Waals surface area contributed by atoms with Crippen molar-refractivity contribution in [2.45, 2.75) is 44.7 Å². The summed E-state index contributed by atoms with van der Waals surface area (Å²) in [6.45, 7) is 4.57. The van der Waals surface area contributed by atoms with Gasteiger partial charge in [0.15, 0.2) is 11.5 Å². The molecule has 7 nitrogen and oxygen atoms in total. The summed E-state index contributed by atoms with van der Waals surface area (Å²) in [6, 6.07) is 11.9. The highest BCUT2D eigenvalue weighted by atomic mass is 16.5. The minimum Gasteiger partial charge on any atom is -0.490 e. The van der Waals surface area contributed by atoms with Gasteiger partial charge in [-0.3, -0.25) is 9.69 Å². The van der Waals surface area contributed by atoms with Gasteiger partial charge in [0.2, 0.25) is 11.8 Å². The highest BCUT2D eigenvalue weighted by Crippen LogP contribution is 2.32. The summed E-state index contributed by atoms with van der Waals surface area (Å²) >= 11 is 0. The smallest absolute Gasteiger partial charge is 0.234 e. The Morgan fingerprint density at radius 3 is 2.72 bits per heavy atom. The molecule has 2 aliphatic heterocycles. The van der Waals surface area contributed by atoms with E-state index in [1.165, 1.54) is 0 Å². The standard InChI is InChI=1S/C25H34N4O3/c1-28-15-11-21(12-16-28)27-24(30)19-29-14-5-2-6-17-31-22-9-3-4-10-23(22)32-25-20(18-29)8-7-13-26-25/h3-4,7-10,13,21H,2,5-6,11-12,14-19H2,1H3,(H,27,30). The van der Waals surface area contributed by atoms with Crippen LogP contribution in [0.2, 0.25) is 0 Å². The number of hydrogen-bond acceptors (Lipinski definition) is 6. The Hall–Kier alpha value is -2.64. The SMILES string of the molecule is CN1CCC(NC(=O)CN2CCCCCOc3ccccc3Oc3ncccc3C2)CC1. The zero-order chi connectivity index (χ0) is 22.2. The summed E-state index contributed by atoms with van der Waals surface area (Å²) in [5.41, 5.74) is 0.966. The van der Waals surface area contributed by atoms with Crippen molar-refractivity contribution in [1.82, 2.24) is 20.1 Å². The van der Waals surface area contributed by atoms with Crippen LogP contribution < -0.4 is 14.8 Å². The molecule has 0 atom stereocenters. The molecule has 1 N–H and O–H groups in total. The summed E-state index contributed by atoms with van der Waals surface area (Å²) in [4.78, 5) is 21.8. The van der Waals surface area contributed by atoms with E-state index in [2.05, 4.69) is 27.1 Å². The fourth-order valence-corrected chi connectivity index (χ4v) is 4.27. The van der Waals surface area contributed by atoms with Crippen LogP contribution >= 0.6 is 0 Å². The molecule has 1 saturated heterocycles. The molecule has 2 aliphatic rings. The molecule has 1 aromatic heterocycles. The predicted molar refractivity (Wildman–Crippen MR) is 124 cm³/mol. The summed E-state index contributed by atoms with van der Waals surface area (Å²) < 4.78 is 12.1. The van der Waals surface area contributed by atoms with E-state index in [-0.39, 0.29) is 11.9 Å². The lowest BCUT2D eigenvalue weighted by atomic mass is 10.1. The number of carbonyl (C=O) groups is 1. The van der Waals surface area contributed by atoms with Gasteiger partial charge in [-0.1, -0.05) is 18.2 Å². The zero-order valence-electron chi connectivity index (χ0n) is 19.0. The van der Waals surface area contributed by atoms with E-state index in [4.69, 9.17) is 9.47 Å². The van der Waals surface area contributed by atoms with Crippen LogP contribution in [0.3, 0.4) is 0 Å². The number of amides is 1. The molecule has 0 saturated carbocycles. The molecule has 2 aromatic rings. The molecule has 1 amide bonds. The van der Waals surface area contributed by atoms with E-state index in [1.807, 2.05) is 36.4 Å². The largest absolute Gasteiger partial charge is 0.490 e. The molecule has 1 fully saturated rings. The third kappa shape index (κ3) is 6.43. The number of rotatable bonds is 3. The molecule has 0 aliphatic carbocycles. The number of hydrogen-bond donors (Lipinski definition) is 1. The molecule has 3 heterocycles. The van der Waals surface area contributed by atoms with E-state index < -0.39 is 0 Å². The van der Waals surface area contributed by atoms with Gasteiger partial charge in [-0.15, -0.1) is 0 Å². The lowest BCUT2D eigenvalue weighted by molar-refractivity contribution is -0.123. The Balaban J connectivity index is 1.46. The number of carbonyl (C=O) groups excluding carboxylic acids is 1. The maximum absolute atomic E-state index is 12.8. The quantitative estimate of drug-likeness (QED) is 0.792. The Morgan fingerprint density at radius 1 is 1.06 bits per heavy atom. The first-order chi connectivity index (χ1) is 15.7. The average molecular weight is 439 g/mol. The van der Waals surface area contributed by atoms with Crippen LogP contribution in [-0.4, -0.2) is 66.6 Å². The first-order valence-corrected chi connectivity index (χ1v) is 11.7. The second kappa shape index (κ2) is 11.3. The monoisotopic (exact) mass is 438 g/mol. The third-order valence-corrected chi connectivity index (χ3v) is 6.13. The zero-order valence-corrected chi connectivity index (χ0v) is 19.0. The molecule has 0 unspecified atom stereocenters. The van der Waals surface area contributed by atoms with Gasteiger partial charge in [-0.2, -0.15) is 0 Å². The van der Waals surface area contributed by atoms with E-state index in [1.54, 1.807) is 6.20 Å². The van der Waals surface area contributed by atoms with E-state index >= 15 is 0 Å². The molecule has 7 heteroatoms. The lowest BCUT2D eigenvalue weighted by Crippen LogP contribution is -2.46. The normalized spacial score (nSPS) is 19.2. The summed E-state index contributed by atoms with van der Waals surface area (Å²) in [5.74, 6) is 2.06. The number of fused-ring (bicyclic) bond motifs is 2. The van der Waals surface area contributed by atoms with Gasteiger partial charge in [0, 0.05) is 24.3 Å². The number of likely N-dealkylation sites (tertiary alicyclic amines) is 1. The van der Waals surface area contributed by atoms with Gasteiger partial charge in [-0.05, 0) is 77.0 Å². The minimum atomic E-state index is 0.101. The molecule has 4 rings (SSSR count). The molecule has 0 radical (unpaired) electrons. The number of piperidine rings is 1. The Kier molecular flexibility index (Phi) is 7.96. The average Bonchev–Trinajstić information content (AvgIpc) is 2.80. The first-order valence-electron chi connectivity index (χ1n) is 11.7. The van der Waals surface area contributed by atoms with Crippen molar-refractivity contribution in [3.8, 4) is 17.4 Å². The van der Waals surface area contributed by atoms with Gasteiger partial charge < -0.3 is 19.7 Å². The molecular formula is C25H34N4O3. The summed E-state index contributed by atoms with van der Waals surface area (Å²) in [6.07, 6.45) is 6.80. The van der Waals surface area contributed by atoms with Crippen LogP contribution in [0, 0.1) is 0 Å². The van der Waals surface area contributed by atoms with Crippen molar-refractivity contribution >= 4 is 5.91 Å². The van der Waals surface area contributed by atoms with Crippen molar-refractivity contribution in [2.24, 2.45) is 0 Å². The second-order valence-corrected chi connectivity index (χ2v) is 8.78. The van der Waals surface area contributed by atoms with E-state index in [9.17, 15) is 4.79 Å². The van der Waals surface area contributed by atoms with Crippen LogP contribution in [0.25, 0.3) is 0 Å². The van der Waals surface area contributed by atoms with Crippen molar-refractivity contribution in [3.63, 3.8) is 0 Å². The third-order valence-electron chi connectivity index (χ3n) is 6.13. The topological polar surface area (TPSA) is 66.9 Å². The van der Waals surface area contributed by atoms with Crippen LogP contribution in [0.1, 0.15) is 37.7 Å². The van der Waals surface area contributed by atoms with E-state index in [0.29, 0.717) is 31.3 Å². The molecule has 1 aromatic carbocycles. The molecule has 32 heavy (non-hydrogen) atoms. The number of para-hydroxylation sites is 2. The van der Waals surface area contributed by atoms with Crippen LogP contribution in [-0.2, 0) is 11.3 Å². The van der Waals surface area contributed by atoms with Crippen molar-refractivity contribution in [1.29, 1.82) is 0 Å². The van der Waals surface area contributed by atoms with Crippen LogP contribution in [0.15, 0.2) is 42.6 Å². The molecule has 172 valence electrons. The predicted octanol–water partition coefficient (Wildman–Crippen LogP) is 3.45. The van der Waals surface area contributed by atoms with Gasteiger partial charge in [0.05, 0.1) is 13.2 Å². The highest BCUT2D eigenvalue weighted by Gasteiger charge is 2.21. The number of benzene rings is 1. The summed E-state index contributed by atoms with van der Waals surface area (Å²) in [7, 11) is 2.13. The fraction of sp³-hybridized carbons (Fsp3) is 0.520. The van der Waals surface area contributed by atoms with Gasteiger partial charge in [0.1, 0.15) is 0 Å². The van der Waals surface area contributed by atoms with Gasteiger partial charge in [0.25, 0.3) is 0 Å². The van der Waals surface area contributed by atoms with E-state index in [0.717, 1.165) is 63.1 Å². The Labute approximate surface area is 190 Å². The molecular weight excluding hydrogens is 404 g/mol. The molecule has 0 bridgehead atoms. The van der Waals surface area contributed by atoms with Crippen LogP contribution in [0.4, 0.5) is 0 Å². The fourth-order valence-electron chi connectivity index (χ4n) is 4.27. The van der Waals surface area contributed by atoms with Crippen molar-refractivity contribution in [2.75, 3.05) is 39.8 Å². The Morgan fingerprint density at radius 2 is 1.88 bits per heavy atom. The maximum atomic E-state index is 12.8. The summed E-state index contributed by atoms with van der Waals surface area (Å²) in [5, 5.41) is 3.25. The van der Waals surface area contributed by atoms with Crippen LogP contribution in [0.5, 0.6) is 17.4 Å². The number of nitrogens with one attached hydrogen (secondary N) is 1. The molecule has 0 spiro atoms. The van der Waals surface area contributed by atoms with Gasteiger partial charge >= 0.3 is 0 Å². The highest BCUT2D eigenvalue weighted by molar-refractivity contribution is 5.78. The van der Waals surface area contributed by atoms with Crippen molar-refractivity contribution in [3.05, 3.63) is 48.2 Å². The Bertz CT molecular complexity index is 883. The minimum absolute atomic E-state index is 0.101. The maximum Gasteiger partial charge on any atom is 0.234 e. The first kappa shape index (κ1) is 22.6. The second-order valence-electron chi connectivity index (χ2n) is 8.78. The number of nitrogens with zero attached hydrogens (tertiary/aromatic N) is 3. The lowest BCUT2D eigenvalue weighted by Gasteiger charge is -2.30. The number of aromatic nitrogens is 1.